The Balaban J connectivity index is 2.85. The highest BCUT2D eigenvalue weighted by Crippen LogP contribution is 2.25. The van der Waals surface area contributed by atoms with E-state index in [4.69, 9.17) is 5.73 Å². The third kappa shape index (κ3) is 4.42. The second-order valence-electron chi connectivity index (χ2n) is 5.55. The molecule has 5 heteroatoms. The molecular formula is C15H25N3O2. The molecule has 0 radical (unpaired) electrons. The van der Waals surface area contributed by atoms with E-state index in [0.717, 1.165) is 0 Å². The standard InChI is InChI=1S/C15H25N3O2/c1-5-18(6-2)14(20)11-7-8-12(13(19)9-11)17-10-15(3,4)16/h7-9,17,19H,5-6,10,16H2,1-4H3. The Morgan fingerprint density at radius 2 is 1.95 bits per heavy atom. The Morgan fingerprint density at radius 3 is 2.40 bits per heavy atom. The van der Waals surface area contributed by atoms with E-state index in [9.17, 15) is 9.90 Å². The molecule has 1 rings (SSSR count). The number of aromatic hydroxyl groups is 1. The average molecular weight is 279 g/mol. The van der Waals surface area contributed by atoms with Crippen LogP contribution in [0.1, 0.15) is 38.1 Å². The summed E-state index contributed by atoms with van der Waals surface area (Å²) in [5.74, 6) is -0.0109. The highest BCUT2D eigenvalue weighted by molar-refractivity contribution is 5.95. The molecule has 5 nitrogen and oxygen atoms in total. The maximum Gasteiger partial charge on any atom is 0.253 e. The molecule has 1 aromatic carbocycles. The maximum absolute atomic E-state index is 12.2. The first kappa shape index (κ1) is 16.3. The van der Waals surface area contributed by atoms with E-state index in [1.54, 1.807) is 17.0 Å². The number of benzene rings is 1. The van der Waals surface area contributed by atoms with Crippen LogP contribution < -0.4 is 11.1 Å². The zero-order valence-electron chi connectivity index (χ0n) is 12.7. The summed E-state index contributed by atoms with van der Waals surface area (Å²) in [5.41, 5.74) is 6.58. The molecule has 0 aromatic heterocycles. The monoisotopic (exact) mass is 279 g/mol. The molecule has 0 aliphatic heterocycles. The van der Waals surface area contributed by atoms with Crippen molar-refractivity contribution in [2.45, 2.75) is 33.2 Å². The van der Waals surface area contributed by atoms with Gasteiger partial charge < -0.3 is 21.1 Å². The van der Waals surface area contributed by atoms with E-state index >= 15 is 0 Å². The van der Waals surface area contributed by atoms with Gasteiger partial charge in [-0.3, -0.25) is 4.79 Å². The van der Waals surface area contributed by atoms with Gasteiger partial charge in [0.05, 0.1) is 5.69 Å². The number of hydrogen-bond acceptors (Lipinski definition) is 4. The van der Waals surface area contributed by atoms with Crippen LogP contribution in [0.5, 0.6) is 5.75 Å². The lowest BCUT2D eigenvalue weighted by atomic mass is 10.1. The van der Waals surface area contributed by atoms with Gasteiger partial charge in [0, 0.05) is 30.7 Å². The molecule has 20 heavy (non-hydrogen) atoms. The number of nitrogens with two attached hydrogens (primary N) is 1. The number of carbonyl (C=O) groups is 1. The molecule has 0 unspecified atom stereocenters. The van der Waals surface area contributed by atoms with Gasteiger partial charge in [-0.1, -0.05) is 0 Å². The minimum absolute atomic E-state index is 0.0623. The first-order valence-corrected chi connectivity index (χ1v) is 6.93. The minimum Gasteiger partial charge on any atom is -0.506 e. The molecule has 0 aliphatic carbocycles. The molecule has 0 spiro atoms. The van der Waals surface area contributed by atoms with Crippen LogP contribution in [-0.4, -0.2) is 41.1 Å². The minimum atomic E-state index is -0.373. The Kier molecular flexibility index (Phi) is 5.39. The number of anilines is 1. The summed E-state index contributed by atoms with van der Waals surface area (Å²) >= 11 is 0. The van der Waals surface area contributed by atoms with Crippen LogP contribution in [0.3, 0.4) is 0 Å². The summed E-state index contributed by atoms with van der Waals surface area (Å²) in [6, 6.07) is 4.91. The zero-order valence-corrected chi connectivity index (χ0v) is 12.7. The van der Waals surface area contributed by atoms with E-state index < -0.39 is 0 Å². The van der Waals surface area contributed by atoms with Gasteiger partial charge in [-0.2, -0.15) is 0 Å². The Labute approximate surface area is 120 Å². The fourth-order valence-electron chi connectivity index (χ4n) is 1.83. The number of phenolic OH excluding ortho intramolecular Hbond substituents is 1. The summed E-state index contributed by atoms with van der Waals surface area (Å²) in [4.78, 5) is 13.9. The van der Waals surface area contributed by atoms with Crippen molar-refractivity contribution in [3.05, 3.63) is 23.8 Å². The second kappa shape index (κ2) is 6.61. The molecule has 1 aromatic rings. The quantitative estimate of drug-likeness (QED) is 0.696. The van der Waals surface area contributed by atoms with Gasteiger partial charge >= 0.3 is 0 Å². The van der Waals surface area contributed by atoms with Gasteiger partial charge in [-0.05, 0) is 45.9 Å². The highest BCUT2D eigenvalue weighted by atomic mass is 16.3. The average Bonchev–Trinajstić information content (AvgIpc) is 2.37. The number of phenols is 1. The summed E-state index contributed by atoms with van der Waals surface area (Å²) in [6.45, 7) is 9.49. The normalized spacial score (nSPS) is 11.2. The molecule has 0 saturated heterocycles. The van der Waals surface area contributed by atoms with Crippen molar-refractivity contribution >= 4 is 11.6 Å². The topological polar surface area (TPSA) is 78.6 Å². The van der Waals surface area contributed by atoms with E-state index in [1.807, 2.05) is 27.7 Å². The lowest BCUT2D eigenvalue weighted by Crippen LogP contribution is -2.39. The Hall–Kier alpha value is -1.75. The van der Waals surface area contributed by atoms with Crippen LogP contribution in [0.4, 0.5) is 5.69 Å². The lowest BCUT2D eigenvalue weighted by Gasteiger charge is -2.21. The molecule has 0 bridgehead atoms. The predicted octanol–water partition coefficient (Wildman–Crippen LogP) is 2.02. The van der Waals surface area contributed by atoms with Crippen LogP contribution in [0.25, 0.3) is 0 Å². The number of nitrogens with zero attached hydrogens (tertiary/aromatic N) is 1. The third-order valence-corrected chi connectivity index (χ3v) is 3.03. The SMILES string of the molecule is CCN(CC)C(=O)c1ccc(NCC(C)(C)N)c(O)c1. The molecule has 112 valence electrons. The van der Waals surface area contributed by atoms with Crippen LogP contribution >= 0.6 is 0 Å². The fourth-order valence-corrected chi connectivity index (χ4v) is 1.83. The van der Waals surface area contributed by atoms with Gasteiger partial charge in [0.25, 0.3) is 5.91 Å². The van der Waals surface area contributed by atoms with Gasteiger partial charge in [0.2, 0.25) is 0 Å². The highest BCUT2D eigenvalue weighted by Gasteiger charge is 2.15. The van der Waals surface area contributed by atoms with Crippen molar-refractivity contribution in [1.82, 2.24) is 4.90 Å². The summed E-state index contributed by atoms with van der Waals surface area (Å²) < 4.78 is 0. The zero-order chi connectivity index (χ0) is 15.3. The van der Waals surface area contributed by atoms with Crippen LogP contribution in [-0.2, 0) is 0 Å². The van der Waals surface area contributed by atoms with E-state index in [1.165, 1.54) is 6.07 Å². The molecule has 0 heterocycles. The van der Waals surface area contributed by atoms with Crippen molar-refractivity contribution in [2.24, 2.45) is 5.73 Å². The molecular weight excluding hydrogens is 254 g/mol. The number of amides is 1. The first-order chi connectivity index (χ1) is 9.28. The van der Waals surface area contributed by atoms with Crippen LogP contribution in [0.15, 0.2) is 18.2 Å². The number of carbonyl (C=O) groups excluding carboxylic acids is 1. The molecule has 4 N–H and O–H groups in total. The Morgan fingerprint density at radius 1 is 1.35 bits per heavy atom. The van der Waals surface area contributed by atoms with Crippen molar-refractivity contribution in [2.75, 3.05) is 25.0 Å². The van der Waals surface area contributed by atoms with Gasteiger partial charge in [0.1, 0.15) is 5.75 Å². The second-order valence-corrected chi connectivity index (χ2v) is 5.55. The molecule has 1 amide bonds. The summed E-state index contributed by atoms with van der Waals surface area (Å²) in [5, 5.41) is 13.1. The van der Waals surface area contributed by atoms with Gasteiger partial charge in [-0.25, -0.2) is 0 Å². The smallest absolute Gasteiger partial charge is 0.253 e. The largest absolute Gasteiger partial charge is 0.506 e. The maximum atomic E-state index is 12.2. The van der Waals surface area contributed by atoms with Crippen molar-refractivity contribution in [1.29, 1.82) is 0 Å². The molecule has 0 fully saturated rings. The number of rotatable bonds is 6. The van der Waals surface area contributed by atoms with Crippen LogP contribution in [0.2, 0.25) is 0 Å². The number of nitrogens with one attached hydrogen (secondary N) is 1. The van der Waals surface area contributed by atoms with Crippen molar-refractivity contribution in [3.63, 3.8) is 0 Å². The summed E-state index contributed by atoms with van der Waals surface area (Å²) in [7, 11) is 0. The van der Waals surface area contributed by atoms with E-state index in [0.29, 0.717) is 30.9 Å². The van der Waals surface area contributed by atoms with Crippen molar-refractivity contribution < 1.29 is 9.90 Å². The van der Waals surface area contributed by atoms with Gasteiger partial charge in [-0.15, -0.1) is 0 Å². The van der Waals surface area contributed by atoms with E-state index in [-0.39, 0.29) is 17.2 Å². The Bertz CT molecular complexity index is 463. The molecule has 0 saturated carbocycles. The fraction of sp³-hybridized carbons (Fsp3) is 0.533. The third-order valence-electron chi connectivity index (χ3n) is 3.03. The molecule has 0 atom stereocenters. The van der Waals surface area contributed by atoms with E-state index in [2.05, 4.69) is 5.32 Å². The van der Waals surface area contributed by atoms with Gasteiger partial charge in [0.15, 0.2) is 0 Å². The number of hydrogen-bond donors (Lipinski definition) is 3. The van der Waals surface area contributed by atoms with Crippen molar-refractivity contribution in [3.8, 4) is 5.75 Å². The predicted molar refractivity (Wildman–Crippen MR) is 82.1 cm³/mol. The van der Waals surface area contributed by atoms with Crippen LogP contribution in [0, 0.1) is 0 Å². The molecule has 0 aliphatic rings. The first-order valence-electron chi connectivity index (χ1n) is 6.93. The lowest BCUT2D eigenvalue weighted by molar-refractivity contribution is 0.0772. The summed E-state index contributed by atoms with van der Waals surface area (Å²) in [6.07, 6.45) is 0.